The molecule has 0 saturated carbocycles. The van der Waals surface area contributed by atoms with Crippen LogP contribution in [0.25, 0.3) is 6.08 Å². The van der Waals surface area contributed by atoms with Gasteiger partial charge in [-0.3, -0.25) is 4.79 Å². The van der Waals surface area contributed by atoms with Gasteiger partial charge in [0, 0.05) is 11.3 Å². The molecule has 0 aliphatic rings. The Balaban J connectivity index is 2.20. The van der Waals surface area contributed by atoms with Gasteiger partial charge in [-0.1, -0.05) is 12.1 Å². The highest BCUT2D eigenvalue weighted by Gasteiger charge is 2.07. The minimum atomic E-state index is 0.000757. The van der Waals surface area contributed by atoms with Gasteiger partial charge in [-0.25, -0.2) is 0 Å². The third kappa shape index (κ3) is 3.26. The number of anilines is 1. The smallest absolute Gasteiger partial charge is 0.188 e. The molecule has 0 saturated heterocycles. The summed E-state index contributed by atoms with van der Waals surface area (Å²) in [6.45, 7) is 1.81. The summed E-state index contributed by atoms with van der Waals surface area (Å²) in [6.07, 6.45) is 1.86. The highest BCUT2D eigenvalue weighted by atomic mass is 16.5. The zero-order chi connectivity index (χ0) is 14.5. The molecule has 20 heavy (non-hydrogen) atoms. The molecule has 0 unspecified atom stereocenters. The van der Waals surface area contributed by atoms with Gasteiger partial charge in [-0.2, -0.15) is 0 Å². The Kier molecular flexibility index (Phi) is 4.20. The molecule has 0 spiro atoms. The lowest BCUT2D eigenvalue weighted by Crippen LogP contribution is -2.00. The minimum absolute atomic E-state index is 0.000757. The van der Waals surface area contributed by atoms with Gasteiger partial charge >= 0.3 is 0 Å². The number of allylic oxidation sites excluding steroid dienone is 1. The highest BCUT2D eigenvalue weighted by molar-refractivity contribution is 6.10. The molecule has 0 atom stereocenters. The number of ether oxygens (including phenoxy) is 1. The number of nitrogens with two attached hydrogens (primary N) is 1. The number of rotatable bonds is 4. The Bertz CT molecular complexity index is 625. The third-order valence-corrected chi connectivity index (χ3v) is 3.03. The zero-order valence-corrected chi connectivity index (χ0v) is 11.6. The number of ketones is 1. The zero-order valence-electron chi connectivity index (χ0n) is 11.6. The predicted octanol–water partition coefficient (Wildman–Crippen LogP) is 3.56. The number of benzene rings is 2. The van der Waals surface area contributed by atoms with Crippen molar-refractivity contribution in [2.24, 2.45) is 0 Å². The van der Waals surface area contributed by atoms with E-state index in [2.05, 4.69) is 0 Å². The van der Waals surface area contributed by atoms with Crippen LogP contribution in [0, 0.1) is 0 Å². The second-order valence-corrected chi connectivity index (χ2v) is 4.55. The first kappa shape index (κ1) is 13.9. The van der Waals surface area contributed by atoms with Crippen molar-refractivity contribution in [3.8, 4) is 5.75 Å². The average molecular weight is 267 g/mol. The molecule has 2 aromatic carbocycles. The molecular formula is C17H17NO2. The Morgan fingerprint density at radius 1 is 1.05 bits per heavy atom. The van der Waals surface area contributed by atoms with Crippen LogP contribution in [-0.2, 0) is 0 Å². The van der Waals surface area contributed by atoms with Gasteiger partial charge in [-0.15, -0.1) is 0 Å². The van der Waals surface area contributed by atoms with E-state index < -0.39 is 0 Å². The van der Waals surface area contributed by atoms with Crippen LogP contribution >= 0.6 is 0 Å². The van der Waals surface area contributed by atoms with Gasteiger partial charge in [0.2, 0.25) is 0 Å². The van der Waals surface area contributed by atoms with Crippen LogP contribution in [0.4, 0.5) is 5.69 Å². The van der Waals surface area contributed by atoms with Crippen molar-refractivity contribution in [3.05, 3.63) is 65.2 Å². The summed E-state index contributed by atoms with van der Waals surface area (Å²) < 4.78 is 5.10. The maximum Gasteiger partial charge on any atom is 0.188 e. The van der Waals surface area contributed by atoms with E-state index in [1.165, 1.54) is 0 Å². The van der Waals surface area contributed by atoms with Crippen molar-refractivity contribution >= 4 is 17.5 Å². The van der Waals surface area contributed by atoms with Gasteiger partial charge in [-0.05, 0) is 60.5 Å². The van der Waals surface area contributed by atoms with Crippen LogP contribution in [0.2, 0.25) is 0 Å². The first-order valence-corrected chi connectivity index (χ1v) is 6.33. The fourth-order valence-electron chi connectivity index (χ4n) is 1.88. The number of Topliss-reactive ketones (excluding diaryl/α,β-unsaturated/α-hetero) is 1. The number of methoxy groups -OCH3 is 1. The fraction of sp³-hybridized carbons (Fsp3) is 0.118. The summed E-state index contributed by atoms with van der Waals surface area (Å²) in [5.74, 6) is 0.797. The molecule has 0 aliphatic carbocycles. The number of nitrogen functional groups attached to an aromatic ring is 1. The van der Waals surface area contributed by atoms with Crippen molar-refractivity contribution in [2.75, 3.05) is 12.8 Å². The minimum Gasteiger partial charge on any atom is -0.497 e. The first-order chi connectivity index (χ1) is 9.60. The Labute approximate surface area is 118 Å². The van der Waals surface area contributed by atoms with Gasteiger partial charge in [0.25, 0.3) is 0 Å². The molecule has 0 bridgehead atoms. The molecule has 3 nitrogen and oxygen atoms in total. The lowest BCUT2D eigenvalue weighted by Gasteiger charge is -2.03. The van der Waals surface area contributed by atoms with E-state index in [1.54, 1.807) is 31.4 Å². The molecular weight excluding hydrogens is 250 g/mol. The lowest BCUT2D eigenvalue weighted by molar-refractivity contribution is 0.103. The van der Waals surface area contributed by atoms with Crippen LogP contribution in [0.5, 0.6) is 5.75 Å². The van der Waals surface area contributed by atoms with E-state index in [1.807, 2.05) is 37.3 Å². The topological polar surface area (TPSA) is 52.3 Å². The Morgan fingerprint density at radius 3 is 2.20 bits per heavy atom. The van der Waals surface area contributed by atoms with Crippen molar-refractivity contribution < 1.29 is 9.53 Å². The molecule has 0 amide bonds. The maximum atomic E-state index is 12.2. The van der Waals surface area contributed by atoms with Crippen LogP contribution in [0.3, 0.4) is 0 Å². The Hall–Kier alpha value is -2.55. The molecule has 2 N–H and O–H groups in total. The van der Waals surface area contributed by atoms with E-state index in [-0.39, 0.29) is 5.78 Å². The molecule has 2 aromatic rings. The van der Waals surface area contributed by atoms with Gasteiger partial charge < -0.3 is 10.5 Å². The molecule has 0 radical (unpaired) electrons. The largest absolute Gasteiger partial charge is 0.497 e. The highest BCUT2D eigenvalue weighted by Crippen LogP contribution is 2.16. The molecule has 2 rings (SSSR count). The summed E-state index contributed by atoms with van der Waals surface area (Å²) in [5, 5.41) is 0. The maximum absolute atomic E-state index is 12.2. The second-order valence-electron chi connectivity index (χ2n) is 4.55. The molecule has 102 valence electrons. The summed E-state index contributed by atoms with van der Waals surface area (Å²) in [7, 11) is 1.63. The van der Waals surface area contributed by atoms with Gasteiger partial charge in [0.15, 0.2) is 5.78 Å². The fourth-order valence-corrected chi connectivity index (χ4v) is 1.88. The number of carbonyl (C=O) groups is 1. The average Bonchev–Trinajstić information content (AvgIpc) is 2.48. The van der Waals surface area contributed by atoms with Gasteiger partial charge in [0.1, 0.15) is 5.75 Å². The molecule has 0 fully saturated rings. The second kappa shape index (κ2) is 6.06. The molecule has 0 aliphatic heterocycles. The van der Waals surface area contributed by atoms with E-state index >= 15 is 0 Å². The number of hydrogen-bond donors (Lipinski definition) is 1. The van der Waals surface area contributed by atoms with Crippen molar-refractivity contribution in [3.63, 3.8) is 0 Å². The lowest BCUT2D eigenvalue weighted by atomic mass is 10.0. The van der Waals surface area contributed by atoms with E-state index in [0.717, 1.165) is 11.3 Å². The van der Waals surface area contributed by atoms with Crippen molar-refractivity contribution in [1.82, 2.24) is 0 Å². The first-order valence-electron chi connectivity index (χ1n) is 6.33. The van der Waals surface area contributed by atoms with Crippen LogP contribution in [0.1, 0.15) is 22.8 Å². The van der Waals surface area contributed by atoms with E-state index in [0.29, 0.717) is 16.8 Å². The van der Waals surface area contributed by atoms with Crippen LogP contribution in [-0.4, -0.2) is 12.9 Å². The van der Waals surface area contributed by atoms with Crippen molar-refractivity contribution in [1.29, 1.82) is 0 Å². The van der Waals surface area contributed by atoms with Gasteiger partial charge in [0.05, 0.1) is 7.11 Å². The molecule has 0 aromatic heterocycles. The summed E-state index contributed by atoms with van der Waals surface area (Å²) >= 11 is 0. The predicted molar refractivity (Wildman–Crippen MR) is 81.8 cm³/mol. The molecule has 0 heterocycles. The standard InChI is InChI=1S/C17H17NO2/c1-12(11-13-3-9-16(20-2)10-4-13)17(19)14-5-7-15(18)8-6-14/h3-11H,18H2,1-2H3. The normalized spacial score (nSPS) is 11.2. The van der Waals surface area contributed by atoms with Crippen LogP contribution in [0.15, 0.2) is 54.1 Å². The summed E-state index contributed by atoms with van der Waals surface area (Å²) in [4.78, 5) is 12.2. The van der Waals surface area contributed by atoms with E-state index in [4.69, 9.17) is 10.5 Å². The number of hydrogen-bond acceptors (Lipinski definition) is 3. The van der Waals surface area contributed by atoms with Crippen LogP contribution < -0.4 is 10.5 Å². The summed E-state index contributed by atoms with van der Waals surface area (Å²) in [5.41, 5.74) is 8.55. The Morgan fingerprint density at radius 2 is 1.65 bits per heavy atom. The monoisotopic (exact) mass is 267 g/mol. The quantitative estimate of drug-likeness (QED) is 0.523. The summed E-state index contributed by atoms with van der Waals surface area (Å²) in [6, 6.07) is 14.5. The van der Waals surface area contributed by atoms with E-state index in [9.17, 15) is 4.79 Å². The molecule has 3 heteroatoms. The SMILES string of the molecule is COc1ccc(C=C(C)C(=O)c2ccc(N)cc2)cc1. The third-order valence-electron chi connectivity index (χ3n) is 3.03. The van der Waals surface area contributed by atoms with Crippen molar-refractivity contribution in [2.45, 2.75) is 6.92 Å². The number of carbonyl (C=O) groups excluding carboxylic acids is 1.